The standard InChI is InChI=1S/C17H21FN2O/c18-14-3-1-2-13(8-14)17-19-9-16(21)20(17)10-15(11-4-5-11)12-6-7-12/h1-3,8,11-12,15,17,19H,4-7,9-10H2. The number of hydrogen-bond donors (Lipinski definition) is 1. The van der Waals surface area contributed by atoms with E-state index in [2.05, 4.69) is 5.32 Å². The van der Waals surface area contributed by atoms with Gasteiger partial charge in [-0.3, -0.25) is 10.1 Å². The molecule has 0 bridgehead atoms. The predicted octanol–water partition coefficient (Wildman–Crippen LogP) is 2.69. The molecule has 1 amide bonds. The molecule has 1 heterocycles. The van der Waals surface area contributed by atoms with Crippen LogP contribution in [0.25, 0.3) is 0 Å². The molecule has 3 aliphatic rings. The van der Waals surface area contributed by atoms with E-state index in [1.54, 1.807) is 6.07 Å². The highest BCUT2D eigenvalue weighted by molar-refractivity contribution is 5.81. The van der Waals surface area contributed by atoms with E-state index in [0.717, 1.165) is 23.9 Å². The molecule has 0 aromatic heterocycles. The summed E-state index contributed by atoms with van der Waals surface area (Å²) in [7, 11) is 0. The van der Waals surface area contributed by atoms with Crippen LogP contribution in [0.5, 0.6) is 0 Å². The summed E-state index contributed by atoms with van der Waals surface area (Å²) in [5.74, 6) is 2.20. The molecule has 4 rings (SSSR count). The number of amides is 1. The van der Waals surface area contributed by atoms with Gasteiger partial charge in [-0.1, -0.05) is 12.1 Å². The van der Waals surface area contributed by atoms with Crippen LogP contribution in [0.15, 0.2) is 24.3 Å². The molecule has 1 saturated heterocycles. The number of halogens is 1. The molecule has 0 radical (unpaired) electrons. The highest BCUT2D eigenvalue weighted by atomic mass is 19.1. The van der Waals surface area contributed by atoms with Crippen molar-refractivity contribution in [3.63, 3.8) is 0 Å². The monoisotopic (exact) mass is 288 g/mol. The van der Waals surface area contributed by atoms with E-state index < -0.39 is 0 Å². The average molecular weight is 288 g/mol. The summed E-state index contributed by atoms with van der Waals surface area (Å²) < 4.78 is 13.5. The van der Waals surface area contributed by atoms with Gasteiger partial charge in [0.2, 0.25) is 5.91 Å². The SMILES string of the molecule is O=C1CNC(c2cccc(F)c2)N1CC(C1CC1)C1CC1. The van der Waals surface area contributed by atoms with Gasteiger partial charge < -0.3 is 4.90 Å². The van der Waals surface area contributed by atoms with Crippen LogP contribution in [-0.2, 0) is 4.79 Å². The Hall–Kier alpha value is -1.42. The maximum Gasteiger partial charge on any atom is 0.238 e. The van der Waals surface area contributed by atoms with Crippen LogP contribution in [-0.4, -0.2) is 23.9 Å². The summed E-state index contributed by atoms with van der Waals surface area (Å²) in [6.07, 6.45) is 5.12. The molecule has 1 atom stereocenters. The van der Waals surface area contributed by atoms with Gasteiger partial charge in [0, 0.05) is 6.54 Å². The summed E-state index contributed by atoms with van der Waals surface area (Å²) in [5, 5.41) is 3.23. The Morgan fingerprint density at radius 2 is 1.95 bits per heavy atom. The van der Waals surface area contributed by atoms with E-state index in [1.165, 1.54) is 37.8 Å². The molecule has 1 aromatic rings. The summed E-state index contributed by atoms with van der Waals surface area (Å²) >= 11 is 0. The lowest BCUT2D eigenvalue weighted by Crippen LogP contribution is -2.36. The Labute approximate surface area is 124 Å². The van der Waals surface area contributed by atoms with Crippen molar-refractivity contribution in [2.75, 3.05) is 13.1 Å². The van der Waals surface area contributed by atoms with Crippen LogP contribution < -0.4 is 5.32 Å². The molecular weight excluding hydrogens is 267 g/mol. The Balaban J connectivity index is 1.54. The molecule has 112 valence electrons. The van der Waals surface area contributed by atoms with Crippen molar-refractivity contribution >= 4 is 5.91 Å². The molecule has 1 unspecified atom stereocenters. The van der Waals surface area contributed by atoms with E-state index in [9.17, 15) is 9.18 Å². The molecule has 2 aliphatic carbocycles. The first-order valence-corrected chi connectivity index (χ1v) is 8.00. The van der Waals surface area contributed by atoms with Crippen molar-refractivity contribution in [1.29, 1.82) is 0 Å². The maximum atomic E-state index is 13.5. The predicted molar refractivity (Wildman–Crippen MR) is 77.8 cm³/mol. The second-order valence-electron chi connectivity index (χ2n) is 6.72. The third-order valence-electron chi connectivity index (χ3n) is 5.11. The molecule has 3 fully saturated rings. The van der Waals surface area contributed by atoms with Gasteiger partial charge in [-0.15, -0.1) is 0 Å². The van der Waals surface area contributed by atoms with Gasteiger partial charge in [0.1, 0.15) is 12.0 Å². The second-order valence-corrected chi connectivity index (χ2v) is 6.72. The van der Waals surface area contributed by atoms with Crippen LogP contribution in [0.4, 0.5) is 4.39 Å². The minimum absolute atomic E-state index is 0.149. The maximum absolute atomic E-state index is 13.5. The lowest BCUT2D eigenvalue weighted by molar-refractivity contribution is -0.128. The molecule has 2 saturated carbocycles. The van der Waals surface area contributed by atoms with Gasteiger partial charge in [-0.05, 0) is 61.1 Å². The van der Waals surface area contributed by atoms with Crippen molar-refractivity contribution in [2.24, 2.45) is 17.8 Å². The number of carbonyl (C=O) groups is 1. The fourth-order valence-corrected chi connectivity index (χ4v) is 3.68. The summed E-state index contributed by atoms with van der Waals surface area (Å²) in [6, 6.07) is 6.59. The summed E-state index contributed by atoms with van der Waals surface area (Å²) in [5.41, 5.74) is 0.853. The van der Waals surface area contributed by atoms with Crippen molar-refractivity contribution in [3.05, 3.63) is 35.6 Å². The first-order valence-electron chi connectivity index (χ1n) is 8.00. The largest absolute Gasteiger partial charge is 0.322 e. The highest BCUT2D eigenvalue weighted by Crippen LogP contribution is 2.50. The van der Waals surface area contributed by atoms with Crippen molar-refractivity contribution in [1.82, 2.24) is 10.2 Å². The van der Waals surface area contributed by atoms with Gasteiger partial charge in [0.25, 0.3) is 0 Å². The molecule has 3 nitrogen and oxygen atoms in total. The van der Waals surface area contributed by atoms with Crippen LogP contribution in [0, 0.1) is 23.6 Å². The zero-order valence-electron chi connectivity index (χ0n) is 12.1. The van der Waals surface area contributed by atoms with Crippen molar-refractivity contribution in [3.8, 4) is 0 Å². The van der Waals surface area contributed by atoms with E-state index >= 15 is 0 Å². The minimum Gasteiger partial charge on any atom is -0.322 e. The van der Waals surface area contributed by atoms with Gasteiger partial charge >= 0.3 is 0 Å². The number of nitrogens with zero attached hydrogens (tertiary/aromatic N) is 1. The highest BCUT2D eigenvalue weighted by Gasteiger charge is 2.44. The zero-order chi connectivity index (χ0) is 14.4. The Morgan fingerprint density at radius 3 is 2.57 bits per heavy atom. The van der Waals surface area contributed by atoms with Crippen LogP contribution in [0.1, 0.15) is 37.4 Å². The van der Waals surface area contributed by atoms with E-state index in [1.807, 2.05) is 11.0 Å². The lowest BCUT2D eigenvalue weighted by Gasteiger charge is -2.29. The number of hydrogen-bond acceptors (Lipinski definition) is 2. The van der Waals surface area contributed by atoms with E-state index in [0.29, 0.717) is 12.5 Å². The Morgan fingerprint density at radius 1 is 1.24 bits per heavy atom. The van der Waals surface area contributed by atoms with Gasteiger partial charge in [-0.2, -0.15) is 0 Å². The smallest absolute Gasteiger partial charge is 0.238 e. The first kappa shape index (κ1) is 13.3. The Kier molecular flexibility index (Phi) is 3.21. The first-order chi connectivity index (χ1) is 10.2. The molecule has 4 heteroatoms. The van der Waals surface area contributed by atoms with Gasteiger partial charge in [-0.25, -0.2) is 4.39 Å². The molecule has 0 spiro atoms. The van der Waals surface area contributed by atoms with Crippen LogP contribution in [0.3, 0.4) is 0 Å². The molecule has 1 aliphatic heterocycles. The second kappa shape index (κ2) is 5.09. The number of rotatable bonds is 5. The van der Waals surface area contributed by atoms with Gasteiger partial charge in [0.15, 0.2) is 0 Å². The van der Waals surface area contributed by atoms with Crippen molar-refractivity contribution < 1.29 is 9.18 Å². The number of nitrogens with one attached hydrogen (secondary N) is 1. The fourth-order valence-electron chi connectivity index (χ4n) is 3.68. The minimum atomic E-state index is -0.241. The zero-order valence-corrected chi connectivity index (χ0v) is 12.1. The van der Waals surface area contributed by atoms with Gasteiger partial charge in [0.05, 0.1) is 6.54 Å². The number of benzene rings is 1. The normalized spacial score (nSPS) is 25.9. The van der Waals surface area contributed by atoms with E-state index in [-0.39, 0.29) is 17.9 Å². The van der Waals surface area contributed by atoms with Crippen molar-refractivity contribution in [2.45, 2.75) is 31.8 Å². The average Bonchev–Trinajstić information content (AvgIpc) is 3.36. The van der Waals surface area contributed by atoms with Crippen LogP contribution in [0.2, 0.25) is 0 Å². The lowest BCUT2D eigenvalue weighted by atomic mass is 9.96. The van der Waals surface area contributed by atoms with E-state index in [4.69, 9.17) is 0 Å². The molecule has 1 N–H and O–H groups in total. The number of carbonyl (C=O) groups excluding carboxylic acids is 1. The summed E-state index contributed by atoms with van der Waals surface area (Å²) in [6.45, 7) is 1.20. The third kappa shape index (κ3) is 2.69. The quantitative estimate of drug-likeness (QED) is 0.903. The molecular formula is C17H21FN2O. The topological polar surface area (TPSA) is 32.3 Å². The molecule has 1 aromatic carbocycles. The molecule has 21 heavy (non-hydrogen) atoms. The third-order valence-corrected chi connectivity index (χ3v) is 5.11. The summed E-state index contributed by atoms with van der Waals surface area (Å²) in [4.78, 5) is 14.2. The fraction of sp³-hybridized carbons (Fsp3) is 0.588. The van der Waals surface area contributed by atoms with Crippen LogP contribution >= 0.6 is 0 Å². The Bertz CT molecular complexity index is 541.